The molecular formula is C49H56N16O18S6. The SMILES string of the molecule is CON=C(C(=O)N[C@@H]1C(=O)N2C(C(=O)OCOC(=O)C3=C(CSc4nc(=O)c(OCOC(=O)C(C)(C)C)nn4C)CS[C@@H]4[C@H](NC(=O)C(=NOC)c5csc(N)n5)C(=O)N34)=C(CSc3nc(=O)c(OCOC(=O)C(C)(C)C)nn3C)CS[C@H]12)c1csc(N)n1. The van der Waals surface area contributed by atoms with Crippen molar-refractivity contribution in [1.29, 1.82) is 0 Å². The van der Waals surface area contributed by atoms with Crippen LogP contribution in [0.1, 0.15) is 52.9 Å². The fraction of sp³-hybridized carbons (Fsp3) is 0.469. The monoisotopic (exact) mass is 1350 g/mol. The van der Waals surface area contributed by atoms with Gasteiger partial charge in [0.1, 0.15) is 59.8 Å². The smallest absolute Gasteiger partial charge is 0.357 e. The molecule has 34 nitrogen and oxygen atoms in total. The first kappa shape index (κ1) is 66.6. The molecule has 4 aliphatic heterocycles. The van der Waals surface area contributed by atoms with E-state index in [1.807, 2.05) is 0 Å². The molecule has 4 amide bonds. The maximum absolute atomic E-state index is 14.5. The third kappa shape index (κ3) is 15.2. The van der Waals surface area contributed by atoms with Gasteiger partial charge in [-0.2, -0.15) is 9.97 Å². The third-order valence-electron chi connectivity index (χ3n) is 12.3. The summed E-state index contributed by atoms with van der Waals surface area (Å²) in [6, 6.07) is -2.47. The summed E-state index contributed by atoms with van der Waals surface area (Å²) < 4.78 is 34.3. The van der Waals surface area contributed by atoms with E-state index in [1.54, 1.807) is 41.5 Å². The van der Waals surface area contributed by atoms with Crippen molar-refractivity contribution in [1.82, 2.24) is 59.9 Å². The third-order valence-corrected chi connectivity index (χ3v) is 18.5. The predicted molar refractivity (Wildman–Crippen MR) is 319 cm³/mol. The predicted octanol–water partition coefficient (Wildman–Crippen LogP) is -0.0697. The molecule has 4 atom stereocenters. The van der Waals surface area contributed by atoms with Crippen LogP contribution in [0.15, 0.2) is 63.5 Å². The van der Waals surface area contributed by atoms with Crippen molar-refractivity contribution in [2.75, 3.05) is 69.1 Å². The number of esters is 4. The zero-order chi connectivity index (χ0) is 64.8. The quantitative estimate of drug-likeness (QED) is 0.0136. The highest BCUT2D eigenvalue weighted by Gasteiger charge is 2.56. The summed E-state index contributed by atoms with van der Waals surface area (Å²) in [5.41, 5.74) is 7.52. The number of nitrogens with two attached hydrogens (primary N) is 2. The highest BCUT2D eigenvalue weighted by atomic mass is 32.2. The van der Waals surface area contributed by atoms with Crippen LogP contribution in [0, 0.1) is 10.8 Å². The Bertz CT molecular complexity index is 3520. The van der Waals surface area contributed by atoms with Crippen LogP contribution in [-0.4, -0.2) is 189 Å². The first-order valence-corrected chi connectivity index (χ1v) is 31.6. The minimum Gasteiger partial charge on any atom is -0.435 e. The average Bonchev–Trinajstić information content (AvgIpc) is 1.06. The molecule has 476 valence electrons. The Kier molecular flexibility index (Phi) is 21.0. The molecule has 4 aliphatic rings. The van der Waals surface area contributed by atoms with Gasteiger partial charge in [0.15, 0.2) is 32.0 Å². The number of hydrogen-bond acceptors (Lipinski definition) is 34. The van der Waals surface area contributed by atoms with E-state index >= 15 is 0 Å². The zero-order valence-corrected chi connectivity index (χ0v) is 53.6. The van der Waals surface area contributed by atoms with E-state index in [4.69, 9.17) is 49.6 Å². The lowest BCUT2D eigenvalue weighted by Crippen LogP contribution is -2.71. The van der Waals surface area contributed by atoms with Crippen molar-refractivity contribution in [2.45, 2.75) is 74.7 Å². The second-order valence-electron chi connectivity index (χ2n) is 20.7. The molecule has 8 rings (SSSR count). The Morgan fingerprint density at radius 1 is 0.607 bits per heavy atom. The second kappa shape index (κ2) is 28.0. The van der Waals surface area contributed by atoms with E-state index in [-0.39, 0.29) is 88.9 Å². The number of oxime groups is 2. The number of rotatable bonds is 24. The van der Waals surface area contributed by atoms with Gasteiger partial charge in [-0.05, 0) is 52.7 Å². The van der Waals surface area contributed by atoms with Gasteiger partial charge in [0.05, 0.1) is 10.8 Å². The Balaban J connectivity index is 1.03. The highest BCUT2D eigenvalue weighted by Crippen LogP contribution is 2.44. The summed E-state index contributed by atoms with van der Waals surface area (Å²) in [7, 11) is 5.31. The van der Waals surface area contributed by atoms with Crippen molar-refractivity contribution in [3.63, 3.8) is 0 Å². The molecule has 2 saturated heterocycles. The molecule has 2 fully saturated rings. The number of nitrogens with zero attached hydrogens (tertiary/aromatic N) is 12. The van der Waals surface area contributed by atoms with Crippen molar-refractivity contribution in [2.24, 2.45) is 35.2 Å². The summed E-state index contributed by atoms with van der Waals surface area (Å²) in [5.74, 6) is -7.93. The molecule has 40 heteroatoms. The highest BCUT2D eigenvalue weighted by molar-refractivity contribution is 8.01. The molecule has 6 N–H and O–H groups in total. The number of carbonyl (C=O) groups excluding carboxylic acids is 8. The number of nitrogens with one attached hydrogen (secondary N) is 2. The lowest BCUT2D eigenvalue weighted by molar-refractivity contribution is -0.168. The van der Waals surface area contributed by atoms with Crippen LogP contribution in [0.3, 0.4) is 0 Å². The molecule has 0 unspecified atom stereocenters. The molecule has 0 spiro atoms. The van der Waals surface area contributed by atoms with Gasteiger partial charge in [0.25, 0.3) is 23.6 Å². The standard InChI is InChI=1S/C49H56N16O18S6/c1-48(2,3)42(74)82-17-78-34-32(68)56-46(62(7)58-34)88-13-20-11-84-38-26(54-30(66)24(60-76-9)22-15-86-44(50)52-22)36(70)64(38)28(20)40(72)80-19-81-41(73)29-21(14-89-47-57-33(69)35(59-63(47)8)79-18-83-43(75)49(4,5)6)12-85-39-27(37(71)65(29)39)55-31(67)25(61-77-10)23-16-87-45(51)53-23/h15-16,26-27,38-39H,11-14,17-19H2,1-10H3,(H2,50,52)(H2,51,53)(H,54,66)(H,55,67)/t26-,27-,38-,39-/m1/s1. The van der Waals surface area contributed by atoms with E-state index in [9.17, 15) is 47.9 Å². The van der Waals surface area contributed by atoms with Crippen LogP contribution >= 0.6 is 69.7 Å². The Labute approximate surface area is 528 Å². The van der Waals surface area contributed by atoms with Gasteiger partial charge >= 0.3 is 46.8 Å². The largest absolute Gasteiger partial charge is 0.435 e. The number of fused-ring (bicyclic) bond motifs is 2. The van der Waals surface area contributed by atoms with Crippen LogP contribution < -0.4 is 42.7 Å². The molecular weight excluding hydrogens is 1290 g/mol. The minimum absolute atomic E-state index is 0.0262. The molecule has 0 aliphatic carbocycles. The Morgan fingerprint density at radius 2 is 0.989 bits per heavy atom. The van der Waals surface area contributed by atoms with E-state index in [0.29, 0.717) is 0 Å². The summed E-state index contributed by atoms with van der Waals surface area (Å²) in [4.78, 5) is 163. The maximum atomic E-state index is 14.5. The summed E-state index contributed by atoms with van der Waals surface area (Å²) in [6.45, 7) is 7.45. The minimum atomic E-state index is -1.24. The second-order valence-corrected chi connectivity index (χ2v) is 26.6. The first-order valence-electron chi connectivity index (χ1n) is 25.8. The fourth-order valence-corrected chi connectivity index (χ4v) is 13.8. The van der Waals surface area contributed by atoms with Crippen LogP contribution in [0.25, 0.3) is 0 Å². The number of carbonyl (C=O) groups is 8. The molecule has 0 saturated carbocycles. The summed E-state index contributed by atoms with van der Waals surface area (Å²) in [6.07, 6.45) is 0. The van der Waals surface area contributed by atoms with Crippen LogP contribution in [0.5, 0.6) is 11.8 Å². The van der Waals surface area contributed by atoms with E-state index in [1.165, 1.54) is 48.4 Å². The van der Waals surface area contributed by atoms with Gasteiger partial charge < -0.3 is 60.2 Å². The topological polar surface area (TPSA) is 439 Å². The number of thioether (sulfide) groups is 4. The summed E-state index contributed by atoms with van der Waals surface area (Å²) in [5, 5.41) is 22.4. The fourth-order valence-electron chi connectivity index (χ4n) is 7.95. The molecule has 4 aromatic rings. The zero-order valence-electron chi connectivity index (χ0n) is 48.7. The molecule has 0 aromatic carbocycles. The lowest BCUT2D eigenvalue weighted by atomic mass is 9.97. The van der Waals surface area contributed by atoms with Gasteiger partial charge in [0, 0.05) is 47.9 Å². The van der Waals surface area contributed by atoms with Gasteiger partial charge in [0.2, 0.25) is 20.4 Å². The summed E-state index contributed by atoms with van der Waals surface area (Å²) >= 11 is 6.26. The van der Waals surface area contributed by atoms with E-state index in [0.717, 1.165) is 79.5 Å². The Hall–Kier alpha value is -8.34. The number of β-lactam (4-membered cyclic amide) rings is 2. The molecule has 0 bridgehead atoms. The lowest BCUT2D eigenvalue weighted by Gasteiger charge is -2.50. The van der Waals surface area contributed by atoms with Crippen molar-refractivity contribution in [3.8, 4) is 11.8 Å². The van der Waals surface area contributed by atoms with Gasteiger partial charge in [-0.3, -0.25) is 48.2 Å². The number of hydrogen-bond donors (Lipinski definition) is 4. The number of ether oxygens (including phenoxy) is 6. The first-order chi connectivity index (χ1) is 42.1. The van der Waals surface area contributed by atoms with Crippen LogP contribution in [0.4, 0.5) is 10.3 Å². The number of aromatic nitrogens is 8. The molecule has 4 aromatic heterocycles. The molecule has 0 radical (unpaired) electrons. The van der Waals surface area contributed by atoms with Gasteiger partial charge in [-0.25, -0.2) is 28.9 Å². The van der Waals surface area contributed by atoms with E-state index < -0.39 is 124 Å². The normalized spacial score (nSPS) is 18.4. The van der Waals surface area contributed by atoms with Crippen molar-refractivity contribution >= 4 is 139 Å². The molecule has 8 heterocycles. The van der Waals surface area contributed by atoms with Gasteiger partial charge in [-0.1, -0.05) is 33.8 Å². The van der Waals surface area contributed by atoms with Crippen LogP contribution in [-0.2, 0) is 81.1 Å². The number of anilines is 2. The van der Waals surface area contributed by atoms with Crippen molar-refractivity contribution < 1.29 is 76.5 Å². The number of amides is 4. The maximum Gasteiger partial charge on any atom is 0.357 e. The number of thiazole rings is 2. The van der Waals surface area contributed by atoms with E-state index in [2.05, 4.69) is 51.1 Å². The van der Waals surface area contributed by atoms with Crippen LogP contribution in [0.2, 0.25) is 0 Å². The number of nitrogen functional groups attached to an aromatic ring is 2. The number of aryl methyl sites for hydroxylation is 2. The average molecular weight is 1350 g/mol. The Morgan fingerprint density at radius 3 is 1.33 bits per heavy atom. The van der Waals surface area contributed by atoms with Gasteiger partial charge in [-0.15, -0.1) is 56.4 Å². The van der Waals surface area contributed by atoms with Crippen molar-refractivity contribution in [3.05, 3.63) is 65.4 Å². The molecule has 89 heavy (non-hydrogen) atoms.